The van der Waals surface area contributed by atoms with E-state index >= 15 is 0 Å². The van der Waals surface area contributed by atoms with E-state index in [1.54, 1.807) is 0 Å². The summed E-state index contributed by atoms with van der Waals surface area (Å²) in [4.78, 5) is 0.0232. The number of rotatable bonds is 4. The quantitative estimate of drug-likeness (QED) is 0.694. The minimum atomic E-state index is -3.64. The highest BCUT2D eigenvalue weighted by atomic mass is 35.5. The SMILES string of the molecule is CC(O)CNS(=O)(=O)c1ccc(Cl)c(N)c1. The molecule has 1 rings (SSSR count). The van der Waals surface area contributed by atoms with Crippen molar-refractivity contribution in [3.8, 4) is 0 Å². The Bertz CT molecular complexity index is 474. The van der Waals surface area contributed by atoms with Crippen LogP contribution in [-0.2, 0) is 10.0 Å². The molecule has 0 fully saturated rings. The molecule has 4 N–H and O–H groups in total. The molecule has 0 aliphatic carbocycles. The number of aliphatic hydroxyl groups excluding tert-OH is 1. The number of halogens is 1. The van der Waals surface area contributed by atoms with E-state index in [9.17, 15) is 8.42 Å². The zero-order valence-corrected chi connectivity index (χ0v) is 10.2. The van der Waals surface area contributed by atoms with E-state index < -0.39 is 16.1 Å². The van der Waals surface area contributed by atoms with Crippen LogP contribution in [0, 0.1) is 0 Å². The Morgan fingerprint density at radius 3 is 2.69 bits per heavy atom. The number of hydrogen-bond acceptors (Lipinski definition) is 4. The largest absolute Gasteiger partial charge is 0.397 e. The van der Waals surface area contributed by atoms with Crippen LogP contribution >= 0.6 is 11.6 Å². The van der Waals surface area contributed by atoms with Crippen LogP contribution < -0.4 is 10.5 Å². The van der Waals surface area contributed by atoms with Crippen molar-refractivity contribution in [1.29, 1.82) is 0 Å². The summed E-state index contributed by atoms with van der Waals surface area (Å²) in [7, 11) is -3.64. The van der Waals surface area contributed by atoms with Gasteiger partial charge in [0.25, 0.3) is 0 Å². The van der Waals surface area contributed by atoms with Crippen LogP contribution in [0.2, 0.25) is 5.02 Å². The zero-order valence-electron chi connectivity index (χ0n) is 8.64. The molecule has 0 bridgehead atoms. The van der Waals surface area contributed by atoms with Crippen molar-refractivity contribution in [2.45, 2.75) is 17.9 Å². The fourth-order valence-electron chi connectivity index (χ4n) is 1.00. The Balaban J connectivity index is 2.94. The molecule has 7 heteroatoms. The lowest BCUT2D eigenvalue weighted by Gasteiger charge is -2.09. The van der Waals surface area contributed by atoms with Gasteiger partial charge >= 0.3 is 0 Å². The van der Waals surface area contributed by atoms with Gasteiger partial charge in [-0.3, -0.25) is 0 Å². The van der Waals surface area contributed by atoms with Gasteiger partial charge in [0.2, 0.25) is 10.0 Å². The first-order chi connectivity index (χ1) is 7.33. The molecule has 0 saturated heterocycles. The van der Waals surface area contributed by atoms with Gasteiger partial charge < -0.3 is 10.8 Å². The Hall–Kier alpha value is -0.820. The number of anilines is 1. The van der Waals surface area contributed by atoms with E-state index in [0.29, 0.717) is 5.02 Å². The normalized spacial score (nSPS) is 13.7. The lowest BCUT2D eigenvalue weighted by atomic mass is 10.3. The maximum absolute atomic E-state index is 11.7. The fourth-order valence-corrected chi connectivity index (χ4v) is 2.28. The molecule has 0 radical (unpaired) electrons. The highest BCUT2D eigenvalue weighted by Crippen LogP contribution is 2.21. The number of benzene rings is 1. The molecule has 1 atom stereocenters. The average Bonchev–Trinajstić information content (AvgIpc) is 2.19. The summed E-state index contributed by atoms with van der Waals surface area (Å²) in [5.74, 6) is 0. The summed E-state index contributed by atoms with van der Waals surface area (Å²) >= 11 is 5.68. The van der Waals surface area contributed by atoms with Gasteiger partial charge in [0.15, 0.2) is 0 Å². The van der Waals surface area contributed by atoms with Crippen molar-refractivity contribution in [1.82, 2.24) is 4.72 Å². The van der Waals surface area contributed by atoms with Crippen LogP contribution in [0.15, 0.2) is 23.1 Å². The van der Waals surface area contributed by atoms with Gasteiger partial charge in [-0.25, -0.2) is 13.1 Å². The molecule has 1 unspecified atom stereocenters. The molecule has 0 aliphatic heterocycles. The van der Waals surface area contributed by atoms with Gasteiger partial charge in [-0.1, -0.05) is 11.6 Å². The van der Waals surface area contributed by atoms with E-state index in [2.05, 4.69) is 4.72 Å². The van der Waals surface area contributed by atoms with Crippen LogP contribution in [-0.4, -0.2) is 26.2 Å². The summed E-state index contributed by atoms with van der Waals surface area (Å²) in [5.41, 5.74) is 5.70. The second-order valence-electron chi connectivity index (χ2n) is 3.38. The summed E-state index contributed by atoms with van der Waals surface area (Å²) in [6.45, 7) is 1.43. The Morgan fingerprint density at radius 1 is 1.56 bits per heavy atom. The first-order valence-corrected chi connectivity index (χ1v) is 6.42. The number of nitrogens with two attached hydrogens (primary N) is 1. The predicted octanol–water partition coefficient (Wildman–Crippen LogP) is 0.581. The third-order valence-electron chi connectivity index (χ3n) is 1.85. The van der Waals surface area contributed by atoms with E-state index in [4.69, 9.17) is 22.4 Å². The topological polar surface area (TPSA) is 92.4 Å². The fraction of sp³-hybridized carbons (Fsp3) is 0.333. The van der Waals surface area contributed by atoms with E-state index in [0.717, 1.165) is 0 Å². The standard InChI is InChI=1S/C9H13ClN2O3S/c1-6(13)5-12-16(14,15)7-2-3-8(10)9(11)4-7/h2-4,6,12-13H,5,11H2,1H3. The third-order valence-corrected chi connectivity index (χ3v) is 3.61. The summed E-state index contributed by atoms with van der Waals surface area (Å²) < 4.78 is 25.6. The van der Waals surface area contributed by atoms with Crippen LogP contribution in [0.1, 0.15) is 6.92 Å². The smallest absolute Gasteiger partial charge is 0.240 e. The van der Waals surface area contributed by atoms with Crippen LogP contribution in [0.4, 0.5) is 5.69 Å². The Labute approximate surface area is 99.3 Å². The minimum Gasteiger partial charge on any atom is -0.397 e. The predicted molar refractivity (Wildman–Crippen MR) is 62.7 cm³/mol. The van der Waals surface area contributed by atoms with Crippen molar-refractivity contribution < 1.29 is 13.5 Å². The third kappa shape index (κ3) is 3.34. The maximum Gasteiger partial charge on any atom is 0.240 e. The van der Waals surface area contributed by atoms with Crippen molar-refractivity contribution in [3.05, 3.63) is 23.2 Å². The molecular formula is C9H13ClN2O3S. The van der Waals surface area contributed by atoms with Gasteiger partial charge in [-0.15, -0.1) is 0 Å². The average molecular weight is 265 g/mol. The maximum atomic E-state index is 11.7. The van der Waals surface area contributed by atoms with Gasteiger partial charge in [0, 0.05) is 6.54 Å². The van der Waals surface area contributed by atoms with Crippen LogP contribution in [0.5, 0.6) is 0 Å². The molecule has 1 aromatic carbocycles. The van der Waals surface area contributed by atoms with Crippen LogP contribution in [0.25, 0.3) is 0 Å². The monoisotopic (exact) mass is 264 g/mol. The summed E-state index contributed by atoms with van der Waals surface area (Å²) in [5, 5.41) is 9.29. The first-order valence-electron chi connectivity index (χ1n) is 4.55. The molecule has 1 aromatic rings. The number of nitrogen functional groups attached to an aromatic ring is 1. The van der Waals surface area contributed by atoms with Gasteiger partial charge in [0.05, 0.1) is 21.7 Å². The van der Waals surface area contributed by atoms with Gasteiger partial charge in [-0.05, 0) is 25.1 Å². The van der Waals surface area contributed by atoms with Gasteiger partial charge in [-0.2, -0.15) is 0 Å². The van der Waals surface area contributed by atoms with Crippen LogP contribution in [0.3, 0.4) is 0 Å². The van der Waals surface area contributed by atoms with E-state index in [-0.39, 0.29) is 17.1 Å². The lowest BCUT2D eigenvalue weighted by molar-refractivity contribution is 0.198. The molecule has 16 heavy (non-hydrogen) atoms. The molecule has 0 saturated carbocycles. The second-order valence-corrected chi connectivity index (χ2v) is 5.56. The lowest BCUT2D eigenvalue weighted by Crippen LogP contribution is -2.30. The minimum absolute atomic E-state index is 0.0232. The summed E-state index contributed by atoms with van der Waals surface area (Å²) in [6, 6.07) is 4.03. The highest BCUT2D eigenvalue weighted by Gasteiger charge is 2.15. The molecule has 0 spiro atoms. The van der Waals surface area contributed by atoms with Crippen molar-refractivity contribution in [3.63, 3.8) is 0 Å². The first kappa shape index (κ1) is 13.2. The molecule has 0 aliphatic rings. The van der Waals surface area contributed by atoms with Crippen molar-refractivity contribution in [2.24, 2.45) is 0 Å². The van der Waals surface area contributed by atoms with Crippen molar-refractivity contribution in [2.75, 3.05) is 12.3 Å². The van der Waals surface area contributed by atoms with Crippen molar-refractivity contribution >= 4 is 27.3 Å². The highest BCUT2D eigenvalue weighted by molar-refractivity contribution is 7.89. The number of hydrogen-bond donors (Lipinski definition) is 3. The van der Waals surface area contributed by atoms with Gasteiger partial charge in [0.1, 0.15) is 0 Å². The Morgan fingerprint density at radius 2 is 2.19 bits per heavy atom. The second kappa shape index (κ2) is 5.01. The molecular weight excluding hydrogens is 252 g/mol. The van der Waals surface area contributed by atoms with E-state index in [1.807, 2.05) is 0 Å². The molecule has 0 amide bonds. The van der Waals surface area contributed by atoms with E-state index in [1.165, 1.54) is 25.1 Å². The molecule has 0 heterocycles. The number of sulfonamides is 1. The molecule has 90 valence electrons. The number of aliphatic hydroxyl groups is 1. The number of nitrogens with one attached hydrogen (secondary N) is 1. The molecule has 5 nitrogen and oxygen atoms in total. The molecule has 0 aromatic heterocycles. The summed E-state index contributed by atoms with van der Waals surface area (Å²) in [6.07, 6.45) is -0.751. The zero-order chi connectivity index (χ0) is 12.3. The Kier molecular flexibility index (Phi) is 4.15.